The van der Waals surface area contributed by atoms with E-state index >= 15 is 0 Å². The van der Waals surface area contributed by atoms with Gasteiger partial charge >= 0.3 is 12.0 Å². The van der Waals surface area contributed by atoms with Crippen molar-refractivity contribution in [3.63, 3.8) is 0 Å². The molecule has 1 atom stereocenters. The van der Waals surface area contributed by atoms with Crippen LogP contribution in [-0.4, -0.2) is 53.3 Å². The highest BCUT2D eigenvalue weighted by Gasteiger charge is 2.34. The van der Waals surface area contributed by atoms with Crippen LogP contribution in [0.1, 0.15) is 33.6 Å². The molecule has 0 bridgehead atoms. The third kappa shape index (κ3) is 4.52. The third-order valence-corrected chi connectivity index (χ3v) is 2.90. The predicted molar refractivity (Wildman–Crippen MR) is 66.5 cm³/mol. The van der Waals surface area contributed by atoms with Crippen LogP contribution in [0, 0.1) is 0 Å². The van der Waals surface area contributed by atoms with Gasteiger partial charge in [-0.2, -0.15) is 0 Å². The van der Waals surface area contributed by atoms with Crippen LogP contribution in [0.5, 0.6) is 0 Å². The van der Waals surface area contributed by atoms with E-state index in [9.17, 15) is 9.59 Å². The fourth-order valence-corrected chi connectivity index (χ4v) is 1.86. The average Bonchev–Trinajstić information content (AvgIpc) is 2.27. The number of hydrogen-bond acceptors (Lipinski definition) is 3. The van der Waals surface area contributed by atoms with Gasteiger partial charge in [0.2, 0.25) is 0 Å². The van der Waals surface area contributed by atoms with Crippen LogP contribution >= 0.6 is 0 Å². The van der Waals surface area contributed by atoms with Crippen molar-refractivity contribution >= 4 is 12.0 Å². The van der Waals surface area contributed by atoms with E-state index in [1.807, 2.05) is 20.8 Å². The van der Waals surface area contributed by atoms with Crippen molar-refractivity contribution in [1.29, 1.82) is 0 Å². The Morgan fingerprint density at radius 3 is 2.78 bits per heavy atom. The van der Waals surface area contributed by atoms with Crippen molar-refractivity contribution in [2.45, 2.75) is 45.3 Å². The molecule has 1 heterocycles. The molecule has 18 heavy (non-hydrogen) atoms. The minimum absolute atomic E-state index is 0.0394. The number of urea groups is 1. The molecule has 6 nitrogen and oxygen atoms in total. The molecule has 0 radical (unpaired) electrons. The van der Waals surface area contributed by atoms with E-state index in [-0.39, 0.29) is 24.1 Å². The van der Waals surface area contributed by atoms with Gasteiger partial charge in [0, 0.05) is 13.0 Å². The zero-order valence-corrected chi connectivity index (χ0v) is 11.2. The zero-order valence-electron chi connectivity index (χ0n) is 11.2. The number of hydrogen-bond donors (Lipinski definition) is 2. The maximum absolute atomic E-state index is 12.0. The molecule has 104 valence electrons. The Hall–Kier alpha value is -1.30. The van der Waals surface area contributed by atoms with Crippen molar-refractivity contribution in [2.75, 3.05) is 19.7 Å². The maximum atomic E-state index is 12.0. The van der Waals surface area contributed by atoms with Crippen molar-refractivity contribution in [1.82, 2.24) is 10.2 Å². The van der Waals surface area contributed by atoms with E-state index in [0.29, 0.717) is 26.1 Å². The first-order valence-corrected chi connectivity index (χ1v) is 6.22. The summed E-state index contributed by atoms with van der Waals surface area (Å²) in [6, 6.07) is -0.109. The summed E-state index contributed by atoms with van der Waals surface area (Å²) in [5.41, 5.74) is -0.328. The van der Waals surface area contributed by atoms with Gasteiger partial charge in [-0.05, 0) is 27.2 Å². The summed E-state index contributed by atoms with van der Waals surface area (Å²) in [6.07, 6.45) is 0.521. The summed E-state index contributed by atoms with van der Waals surface area (Å²) in [5, 5.41) is 11.2. The summed E-state index contributed by atoms with van der Waals surface area (Å²) in [6.45, 7) is 7.28. The molecule has 0 aliphatic carbocycles. The number of carbonyl (C=O) groups is 2. The normalized spacial score (nSPS) is 22.6. The zero-order chi connectivity index (χ0) is 13.8. The van der Waals surface area contributed by atoms with Gasteiger partial charge in [-0.15, -0.1) is 0 Å². The van der Waals surface area contributed by atoms with Gasteiger partial charge in [0.15, 0.2) is 0 Å². The van der Waals surface area contributed by atoms with Crippen molar-refractivity contribution < 1.29 is 19.4 Å². The van der Waals surface area contributed by atoms with Crippen molar-refractivity contribution in [3.05, 3.63) is 0 Å². The van der Waals surface area contributed by atoms with Crippen LogP contribution in [0.15, 0.2) is 0 Å². The van der Waals surface area contributed by atoms with Gasteiger partial charge in [-0.1, -0.05) is 0 Å². The molecule has 2 N–H and O–H groups in total. The Bertz CT molecular complexity index is 317. The Morgan fingerprint density at radius 1 is 1.50 bits per heavy atom. The van der Waals surface area contributed by atoms with Crippen LogP contribution in [0.2, 0.25) is 0 Å². The topological polar surface area (TPSA) is 78.9 Å². The molecule has 0 aromatic carbocycles. The first-order chi connectivity index (χ1) is 8.32. The molecule has 1 rings (SSSR count). The smallest absolute Gasteiger partial charge is 0.317 e. The summed E-state index contributed by atoms with van der Waals surface area (Å²) in [5.74, 6) is -0.842. The second kappa shape index (κ2) is 6.04. The lowest BCUT2D eigenvalue weighted by Gasteiger charge is -2.42. The van der Waals surface area contributed by atoms with E-state index in [4.69, 9.17) is 9.84 Å². The summed E-state index contributed by atoms with van der Waals surface area (Å²) in [4.78, 5) is 24.0. The molecule has 0 aromatic rings. The lowest BCUT2D eigenvalue weighted by atomic mass is 10.1. The van der Waals surface area contributed by atoms with E-state index in [1.54, 1.807) is 4.90 Å². The summed E-state index contributed by atoms with van der Waals surface area (Å²) in [7, 11) is 0. The molecule has 1 aliphatic rings. The molecule has 2 amide bonds. The van der Waals surface area contributed by atoms with Gasteiger partial charge in [0.05, 0.1) is 24.8 Å². The Labute approximate surface area is 107 Å². The van der Waals surface area contributed by atoms with Crippen LogP contribution in [0.3, 0.4) is 0 Å². The van der Waals surface area contributed by atoms with Crippen LogP contribution in [-0.2, 0) is 9.53 Å². The second-order valence-electron chi connectivity index (χ2n) is 5.28. The van der Waals surface area contributed by atoms with Gasteiger partial charge in [-0.3, -0.25) is 4.79 Å². The number of nitrogens with zero attached hydrogens (tertiary/aromatic N) is 1. The maximum Gasteiger partial charge on any atom is 0.317 e. The summed E-state index contributed by atoms with van der Waals surface area (Å²) >= 11 is 0. The van der Waals surface area contributed by atoms with Crippen molar-refractivity contribution in [3.8, 4) is 0 Å². The fraction of sp³-hybridized carbons (Fsp3) is 0.833. The van der Waals surface area contributed by atoms with Crippen LogP contribution < -0.4 is 5.32 Å². The first-order valence-electron chi connectivity index (χ1n) is 6.22. The molecule has 0 aromatic heterocycles. The molecule has 6 heteroatoms. The molecule has 1 fully saturated rings. The number of rotatable bonds is 4. The molecular weight excluding hydrogens is 236 g/mol. The number of aliphatic carboxylic acids is 1. The first kappa shape index (κ1) is 14.8. The standard InChI is InChI=1S/C12H22N2O4/c1-9-7-18-12(2,3)8-14(9)11(17)13-6-4-5-10(15)16/h9H,4-8H2,1-3H3,(H,13,17)(H,15,16)/t9-/m0/s1. The van der Waals surface area contributed by atoms with Gasteiger partial charge in [-0.25, -0.2) is 4.79 Å². The molecular formula is C12H22N2O4. The van der Waals surface area contributed by atoms with Gasteiger partial charge in [0.25, 0.3) is 0 Å². The highest BCUT2D eigenvalue weighted by molar-refractivity contribution is 5.74. The highest BCUT2D eigenvalue weighted by atomic mass is 16.5. The number of morpholine rings is 1. The third-order valence-electron chi connectivity index (χ3n) is 2.90. The largest absolute Gasteiger partial charge is 0.481 e. The van der Waals surface area contributed by atoms with Gasteiger partial charge in [0.1, 0.15) is 0 Å². The number of carboxylic acid groups (broad SMARTS) is 1. The Kier molecular flexibility index (Phi) is 4.95. The summed E-state index contributed by atoms with van der Waals surface area (Å²) < 4.78 is 5.62. The van der Waals surface area contributed by atoms with Crippen LogP contribution in [0.25, 0.3) is 0 Å². The predicted octanol–water partition coefficient (Wildman–Crippen LogP) is 1.06. The lowest BCUT2D eigenvalue weighted by molar-refractivity contribution is -0.137. The second-order valence-corrected chi connectivity index (χ2v) is 5.28. The van der Waals surface area contributed by atoms with Crippen LogP contribution in [0.4, 0.5) is 4.79 Å². The number of carbonyl (C=O) groups excluding carboxylic acids is 1. The number of ether oxygens (including phenoxy) is 1. The van der Waals surface area contributed by atoms with E-state index in [2.05, 4.69) is 5.32 Å². The molecule has 0 unspecified atom stereocenters. The molecule has 1 aliphatic heterocycles. The average molecular weight is 258 g/mol. The number of nitrogens with one attached hydrogen (secondary N) is 1. The Morgan fingerprint density at radius 2 is 2.17 bits per heavy atom. The minimum Gasteiger partial charge on any atom is -0.481 e. The number of carboxylic acids is 1. The minimum atomic E-state index is -0.842. The molecule has 0 spiro atoms. The lowest BCUT2D eigenvalue weighted by Crippen LogP contribution is -2.57. The van der Waals surface area contributed by atoms with Crippen molar-refractivity contribution in [2.24, 2.45) is 0 Å². The van der Waals surface area contributed by atoms with E-state index < -0.39 is 5.97 Å². The van der Waals surface area contributed by atoms with E-state index in [0.717, 1.165) is 0 Å². The fourth-order valence-electron chi connectivity index (χ4n) is 1.86. The number of amides is 2. The molecule has 1 saturated heterocycles. The monoisotopic (exact) mass is 258 g/mol. The Balaban J connectivity index is 2.37. The SMILES string of the molecule is C[C@H]1COC(C)(C)CN1C(=O)NCCCC(=O)O. The quantitative estimate of drug-likeness (QED) is 0.739. The van der Waals surface area contributed by atoms with Gasteiger partial charge < -0.3 is 20.1 Å². The highest BCUT2D eigenvalue weighted by Crippen LogP contribution is 2.20. The van der Waals surface area contributed by atoms with E-state index in [1.165, 1.54) is 0 Å². The molecule has 0 saturated carbocycles.